The summed E-state index contributed by atoms with van der Waals surface area (Å²) in [6.07, 6.45) is 9.69. The Morgan fingerprint density at radius 1 is 0.889 bits per heavy atom. The first kappa shape index (κ1) is 30.0. The van der Waals surface area contributed by atoms with Crippen LogP contribution in [0.3, 0.4) is 0 Å². The van der Waals surface area contributed by atoms with E-state index in [0.717, 1.165) is 51.1 Å². The average Bonchev–Trinajstić information content (AvgIpc) is 3.65. The van der Waals surface area contributed by atoms with Crippen molar-refractivity contribution < 1.29 is 23.8 Å². The molecule has 0 N–H and O–H groups in total. The van der Waals surface area contributed by atoms with Crippen LogP contribution in [-0.4, -0.2) is 36.6 Å². The first-order chi connectivity index (χ1) is 21.9. The van der Waals surface area contributed by atoms with E-state index >= 15 is 0 Å². The highest BCUT2D eigenvalue weighted by Gasteiger charge is 2.32. The molecule has 1 saturated heterocycles. The lowest BCUT2D eigenvalue weighted by molar-refractivity contribution is -0.697. The molecule has 0 aliphatic carbocycles. The van der Waals surface area contributed by atoms with Crippen molar-refractivity contribution in [2.45, 2.75) is 52.5 Å². The number of rotatable bonds is 10. The topological polar surface area (TPSA) is 106 Å². The predicted molar refractivity (Wildman–Crippen MR) is 172 cm³/mol. The Labute approximate surface area is 265 Å². The van der Waals surface area contributed by atoms with Gasteiger partial charge in [0, 0.05) is 48.4 Å². The molecule has 6 rings (SSSR count). The van der Waals surface area contributed by atoms with E-state index in [1.807, 2.05) is 36.7 Å². The van der Waals surface area contributed by atoms with Crippen LogP contribution in [0.4, 0.5) is 0 Å². The van der Waals surface area contributed by atoms with E-state index in [9.17, 15) is 14.4 Å². The molecule has 2 aromatic carbocycles. The van der Waals surface area contributed by atoms with E-state index in [1.165, 1.54) is 22.9 Å². The molecular weight excluding hydrogens is 586 g/mol. The van der Waals surface area contributed by atoms with Gasteiger partial charge in [-0.2, -0.15) is 8.75 Å². The Kier molecular flexibility index (Phi) is 8.84. The molecule has 10 heteroatoms. The number of aromatic nitrogens is 4. The highest BCUT2D eigenvalue weighted by molar-refractivity contribution is 7.00. The summed E-state index contributed by atoms with van der Waals surface area (Å²) in [5, 5.41) is 0.596. The summed E-state index contributed by atoms with van der Waals surface area (Å²) in [6, 6.07) is 20.7. The summed E-state index contributed by atoms with van der Waals surface area (Å²) in [5.74, 6) is -1.51. The van der Waals surface area contributed by atoms with Crippen molar-refractivity contribution in [2.24, 2.45) is 0 Å². The number of pyridine rings is 2. The van der Waals surface area contributed by atoms with E-state index in [4.69, 9.17) is 14.2 Å². The summed E-state index contributed by atoms with van der Waals surface area (Å²) < 4.78 is 11.4. The van der Waals surface area contributed by atoms with Crippen molar-refractivity contribution in [2.75, 3.05) is 0 Å². The Bertz CT molecular complexity index is 1900. The minimum absolute atomic E-state index is 0.0848. The van der Waals surface area contributed by atoms with Gasteiger partial charge in [0.05, 0.1) is 23.1 Å². The van der Waals surface area contributed by atoms with E-state index in [0.29, 0.717) is 18.0 Å². The summed E-state index contributed by atoms with van der Waals surface area (Å²) >= 11 is 1.19. The molecule has 0 bridgehead atoms. The Morgan fingerprint density at radius 3 is 2.27 bits per heavy atom. The van der Waals surface area contributed by atoms with Crippen LogP contribution in [-0.2, 0) is 25.8 Å². The zero-order valence-corrected chi connectivity index (χ0v) is 25.9. The third-order valence-corrected chi connectivity index (χ3v) is 8.19. The zero-order valence-electron chi connectivity index (χ0n) is 25.1. The van der Waals surface area contributed by atoms with Gasteiger partial charge in [-0.1, -0.05) is 59.7 Å². The number of unbranched alkanes of at least 4 members (excludes halogenated alkanes) is 1. The molecule has 0 spiro atoms. The van der Waals surface area contributed by atoms with Crippen molar-refractivity contribution >= 4 is 52.7 Å². The third-order valence-electron chi connectivity index (χ3n) is 7.66. The highest BCUT2D eigenvalue weighted by Crippen LogP contribution is 2.36. The lowest BCUT2D eigenvalue weighted by atomic mass is 9.98. The smallest absolute Gasteiger partial charge is 0.330 e. The number of fused-ring (bicyclic) bond motifs is 1. The molecule has 9 nitrogen and oxygen atoms in total. The number of amides is 2. The number of imide groups is 1. The van der Waals surface area contributed by atoms with E-state index in [2.05, 4.69) is 71.3 Å². The van der Waals surface area contributed by atoms with Gasteiger partial charge in [-0.25, -0.2) is 14.3 Å². The molecule has 4 heterocycles. The molecule has 45 heavy (non-hydrogen) atoms. The monoisotopic (exact) mass is 618 g/mol. The van der Waals surface area contributed by atoms with Gasteiger partial charge in [-0.15, -0.1) is 5.06 Å². The van der Waals surface area contributed by atoms with Crippen LogP contribution < -0.4 is 4.57 Å². The van der Waals surface area contributed by atoms with Gasteiger partial charge in [0.2, 0.25) is 0 Å². The van der Waals surface area contributed by atoms with Gasteiger partial charge in [-0.05, 0) is 44.1 Å². The zero-order chi connectivity index (χ0) is 31.3. The predicted octanol–water partition coefficient (Wildman–Crippen LogP) is 6.27. The minimum atomic E-state index is -0.575. The van der Waals surface area contributed by atoms with Gasteiger partial charge >= 0.3 is 5.97 Å². The molecule has 3 aromatic heterocycles. The number of carbonyl (C=O) groups is 3. The SMILES string of the molecule is Cc1ccc(-c2nc(/C=C/c3ccc[n+](CCCCC(=O)ON4C(=O)CCC4=O)c3)c(-c3ccc(C)cc3)c3nsnc23)cc1. The number of hydroxylamine groups is 2. The van der Waals surface area contributed by atoms with Crippen molar-refractivity contribution in [3.63, 3.8) is 0 Å². The van der Waals surface area contributed by atoms with E-state index in [-0.39, 0.29) is 19.3 Å². The third kappa shape index (κ3) is 6.86. The molecule has 0 atom stereocenters. The van der Waals surface area contributed by atoms with Crippen LogP contribution in [0.1, 0.15) is 54.5 Å². The first-order valence-corrected chi connectivity index (χ1v) is 15.6. The van der Waals surface area contributed by atoms with Gasteiger partial charge in [0.15, 0.2) is 12.4 Å². The highest BCUT2D eigenvalue weighted by atomic mass is 32.1. The summed E-state index contributed by atoms with van der Waals surface area (Å²) in [6.45, 7) is 4.82. The quantitative estimate of drug-likeness (QED) is 0.103. The van der Waals surface area contributed by atoms with E-state index < -0.39 is 17.8 Å². The summed E-state index contributed by atoms with van der Waals surface area (Å²) in [5.41, 5.74) is 9.53. The maximum absolute atomic E-state index is 12.1. The Balaban J connectivity index is 1.22. The molecule has 1 aliphatic heterocycles. The van der Waals surface area contributed by atoms with Crippen LogP contribution in [0.5, 0.6) is 0 Å². The number of nitrogens with zero attached hydrogens (tertiary/aromatic N) is 5. The van der Waals surface area contributed by atoms with Crippen LogP contribution in [0.25, 0.3) is 45.6 Å². The Hall–Kier alpha value is -5.09. The molecular formula is C35H32N5O4S+. The van der Waals surface area contributed by atoms with E-state index in [1.54, 1.807) is 0 Å². The number of aryl methyl sites for hydroxylation is 3. The molecule has 5 aromatic rings. The molecule has 2 amide bonds. The lowest BCUT2D eigenvalue weighted by Gasteiger charge is -2.12. The normalized spacial score (nSPS) is 13.3. The maximum atomic E-state index is 12.1. The largest absolute Gasteiger partial charge is 0.333 e. The molecule has 0 radical (unpaired) electrons. The number of carbonyl (C=O) groups excluding carboxylic acids is 3. The van der Waals surface area contributed by atoms with Gasteiger partial charge in [0.25, 0.3) is 11.8 Å². The van der Waals surface area contributed by atoms with Crippen molar-refractivity contribution in [1.29, 1.82) is 0 Å². The number of benzene rings is 2. The van der Waals surface area contributed by atoms with Gasteiger partial charge in [0.1, 0.15) is 17.6 Å². The maximum Gasteiger partial charge on any atom is 0.333 e. The summed E-state index contributed by atoms with van der Waals surface area (Å²) in [4.78, 5) is 45.6. The number of hydrogen-bond donors (Lipinski definition) is 0. The van der Waals surface area contributed by atoms with Gasteiger partial charge < -0.3 is 4.84 Å². The fourth-order valence-electron chi connectivity index (χ4n) is 5.22. The molecule has 0 unspecified atom stereocenters. The van der Waals surface area contributed by atoms with Crippen molar-refractivity contribution in [3.8, 4) is 22.4 Å². The first-order valence-electron chi connectivity index (χ1n) is 14.9. The minimum Gasteiger partial charge on any atom is -0.330 e. The summed E-state index contributed by atoms with van der Waals surface area (Å²) in [7, 11) is 0. The fraction of sp³-hybridized carbons (Fsp3) is 0.229. The lowest BCUT2D eigenvalue weighted by Crippen LogP contribution is -2.33. The molecule has 1 fully saturated rings. The second kappa shape index (κ2) is 13.3. The molecule has 226 valence electrons. The van der Waals surface area contributed by atoms with Crippen LogP contribution in [0, 0.1) is 13.8 Å². The standard InChI is InChI=1S/C35H32N5O4S/c1-23-8-13-26(14-9-23)32-28(36-33(35-34(32)37-45-38-35)27-15-10-24(2)11-16-27)17-12-25-6-5-21-39(22-25)20-4-3-7-31(43)44-40-29(41)18-19-30(40)42/h5-6,8-17,21-22H,3-4,7,18-20H2,1-2H3/q+1/b17-12+. The van der Waals surface area contributed by atoms with Crippen molar-refractivity contribution in [1.82, 2.24) is 18.8 Å². The van der Waals surface area contributed by atoms with Crippen LogP contribution in [0.2, 0.25) is 0 Å². The second-order valence-corrected chi connectivity index (χ2v) is 11.7. The van der Waals surface area contributed by atoms with Gasteiger partial charge in [-0.3, -0.25) is 9.59 Å². The molecule has 0 saturated carbocycles. The average molecular weight is 619 g/mol. The van der Waals surface area contributed by atoms with Crippen LogP contribution in [0.15, 0.2) is 73.1 Å². The van der Waals surface area contributed by atoms with Crippen LogP contribution >= 0.6 is 11.7 Å². The van der Waals surface area contributed by atoms with Crippen molar-refractivity contribution in [3.05, 3.63) is 95.4 Å². The second-order valence-electron chi connectivity index (χ2n) is 11.1. The fourth-order valence-corrected chi connectivity index (χ4v) is 5.78. The number of hydrogen-bond acceptors (Lipinski definition) is 8. The Morgan fingerprint density at radius 2 is 1.56 bits per heavy atom. The molecule has 1 aliphatic rings.